The zero-order valence-electron chi connectivity index (χ0n) is 15.2. The number of nitrogens with zero attached hydrogens (tertiary/aromatic N) is 1. The summed E-state index contributed by atoms with van der Waals surface area (Å²) in [6.45, 7) is 1.19. The fourth-order valence-corrected chi connectivity index (χ4v) is 6.03. The Hall–Kier alpha value is -1.40. The van der Waals surface area contributed by atoms with Gasteiger partial charge in [-0.2, -0.15) is 0 Å². The van der Waals surface area contributed by atoms with Gasteiger partial charge in [-0.3, -0.25) is 4.79 Å². The molecule has 0 aromatic heterocycles. The molecule has 1 amide bonds. The van der Waals surface area contributed by atoms with Crippen LogP contribution in [0.5, 0.6) is 0 Å². The molecule has 1 saturated heterocycles. The lowest BCUT2D eigenvalue weighted by atomic mass is 9.87. The third-order valence-corrected chi connectivity index (χ3v) is 8.15. The zero-order chi connectivity index (χ0) is 18.6. The fourth-order valence-electron chi connectivity index (χ4n) is 4.19. The SMILES string of the molecule is O=C(CCS(=O)(=O)C1CCCC1)N1CCC(C(O)c2ccccc2)CC1. The minimum Gasteiger partial charge on any atom is -0.388 e. The number of sulfone groups is 1. The highest BCUT2D eigenvalue weighted by Crippen LogP contribution is 2.31. The van der Waals surface area contributed by atoms with Gasteiger partial charge in [-0.05, 0) is 37.2 Å². The number of likely N-dealkylation sites (tertiary alicyclic amines) is 1. The third-order valence-electron chi connectivity index (χ3n) is 5.89. The molecule has 1 heterocycles. The summed E-state index contributed by atoms with van der Waals surface area (Å²) in [7, 11) is -3.14. The molecule has 1 aromatic rings. The normalized spacial score (nSPS) is 21.0. The van der Waals surface area contributed by atoms with E-state index in [-0.39, 0.29) is 29.2 Å². The van der Waals surface area contributed by atoms with Crippen molar-refractivity contribution >= 4 is 15.7 Å². The van der Waals surface area contributed by atoms with E-state index in [2.05, 4.69) is 0 Å². The van der Waals surface area contributed by atoms with Gasteiger partial charge in [-0.25, -0.2) is 8.42 Å². The van der Waals surface area contributed by atoms with Crippen molar-refractivity contribution in [3.8, 4) is 0 Å². The van der Waals surface area contributed by atoms with Gasteiger partial charge in [-0.15, -0.1) is 0 Å². The maximum absolute atomic E-state index is 12.4. The molecule has 3 rings (SSSR count). The predicted octanol–water partition coefficient (Wildman–Crippen LogP) is 2.71. The highest BCUT2D eigenvalue weighted by atomic mass is 32.2. The van der Waals surface area contributed by atoms with Gasteiger partial charge in [0.15, 0.2) is 9.84 Å². The van der Waals surface area contributed by atoms with Crippen molar-refractivity contribution in [1.29, 1.82) is 0 Å². The minimum absolute atomic E-state index is 0.0247. The number of amides is 1. The second-order valence-corrected chi connectivity index (χ2v) is 10.00. The first-order chi connectivity index (χ1) is 12.5. The molecule has 1 unspecified atom stereocenters. The van der Waals surface area contributed by atoms with E-state index in [1.54, 1.807) is 4.90 Å². The van der Waals surface area contributed by atoms with Gasteiger partial charge in [0.1, 0.15) is 0 Å². The van der Waals surface area contributed by atoms with Crippen LogP contribution in [0.4, 0.5) is 0 Å². The Labute approximate surface area is 156 Å². The number of rotatable bonds is 6. The Morgan fingerprint density at radius 2 is 1.69 bits per heavy atom. The van der Waals surface area contributed by atoms with Crippen LogP contribution >= 0.6 is 0 Å². The third kappa shape index (κ3) is 4.65. The average Bonchev–Trinajstić information content (AvgIpc) is 3.22. The molecule has 5 nitrogen and oxygen atoms in total. The van der Waals surface area contributed by atoms with Gasteiger partial charge in [0.05, 0.1) is 17.1 Å². The largest absolute Gasteiger partial charge is 0.388 e. The van der Waals surface area contributed by atoms with Crippen LogP contribution in [0.15, 0.2) is 30.3 Å². The first kappa shape index (κ1) is 19.4. The first-order valence-electron chi connectivity index (χ1n) is 9.70. The molecule has 0 bridgehead atoms. The summed E-state index contributed by atoms with van der Waals surface area (Å²) in [4.78, 5) is 14.2. The lowest BCUT2D eigenvalue weighted by molar-refractivity contribution is -0.132. The van der Waals surface area contributed by atoms with Gasteiger partial charge < -0.3 is 10.0 Å². The van der Waals surface area contributed by atoms with Crippen LogP contribution in [0, 0.1) is 5.92 Å². The number of carbonyl (C=O) groups excluding carboxylic acids is 1. The number of piperidine rings is 1. The standard InChI is InChI=1S/C20H29NO4S/c22-19(12-15-26(24,25)18-8-4-5-9-18)21-13-10-17(11-14-21)20(23)16-6-2-1-3-7-16/h1-3,6-7,17-18,20,23H,4-5,8-15H2. The van der Waals surface area contributed by atoms with Gasteiger partial charge in [0.2, 0.25) is 5.91 Å². The number of aliphatic hydroxyl groups is 1. The summed E-state index contributed by atoms with van der Waals surface area (Å²) in [5.74, 6) is 0.0474. The van der Waals surface area contributed by atoms with Crippen LogP contribution in [0.25, 0.3) is 0 Å². The molecular formula is C20H29NO4S. The maximum atomic E-state index is 12.4. The van der Waals surface area contributed by atoms with E-state index in [1.165, 1.54) is 0 Å². The average molecular weight is 380 g/mol. The summed E-state index contributed by atoms with van der Waals surface area (Å²) in [5, 5.41) is 10.3. The number of hydrogen-bond acceptors (Lipinski definition) is 4. The molecule has 1 atom stereocenters. The van der Waals surface area contributed by atoms with E-state index in [1.807, 2.05) is 30.3 Å². The summed E-state index contributed by atoms with van der Waals surface area (Å²) in [5.41, 5.74) is 0.917. The Morgan fingerprint density at radius 1 is 1.08 bits per heavy atom. The van der Waals surface area contributed by atoms with E-state index in [0.717, 1.165) is 44.1 Å². The Morgan fingerprint density at radius 3 is 2.31 bits per heavy atom. The number of benzene rings is 1. The number of carbonyl (C=O) groups is 1. The van der Waals surface area contributed by atoms with Gasteiger partial charge in [0, 0.05) is 19.5 Å². The van der Waals surface area contributed by atoms with Crippen LogP contribution in [0.2, 0.25) is 0 Å². The second-order valence-electron chi connectivity index (χ2n) is 7.60. The Kier molecular flexibility index (Phi) is 6.35. The molecule has 1 aliphatic carbocycles. The maximum Gasteiger partial charge on any atom is 0.223 e. The van der Waals surface area contributed by atoms with Crippen LogP contribution in [-0.4, -0.2) is 48.4 Å². The van der Waals surface area contributed by atoms with E-state index in [9.17, 15) is 18.3 Å². The molecular weight excluding hydrogens is 350 g/mol. The van der Waals surface area contributed by atoms with Gasteiger partial charge in [-0.1, -0.05) is 43.2 Å². The molecule has 1 saturated carbocycles. The molecule has 6 heteroatoms. The molecule has 1 N–H and O–H groups in total. The van der Waals surface area contributed by atoms with Crippen molar-refractivity contribution in [2.24, 2.45) is 5.92 Å². The van der Waals surface area contributed by atoms with E-state index in [4.69, 9.17) is 0 Å². The molecule has 0 spiro atoms. The number of hydrogen-bond donors (Lipinski definition) is 1. The van der Waals surface area contributed by atoms with Crippen molar-refractivity contribution < 1.29 is 18.3 Å². The van der Waals surface area contributed by atoms with Crippen LogP contribution in [-0.2, 0) is 14.6 Å². The predicted molar refractivity (Wildman–Crippen MR) is 101 cm³/mol. The summed E-state index contributed by atoms with van der Waals surface area (Å²) in [6, 6.07) is 9.62. The molecule has 1 aromatic carbocycles. The molecule has 26 heavy (non-hydrogen) atoms. The zero-order valence-corrected chi connectivity index (χ0v) is 16.0. The molecule has 2 aliphatic rings. The summed E-state index contributed by atoms with van der Waals surface area (Å²) < 4.78 is 24.6. The molecule has 1 aliphatic heterocycles. The summed E-state index contributed by atoms with van der Waals surface area (Å²) in [6.07, 6.45) is 4.54. The van der Waals surface area contributed by atoms with E-state index < -0.39 is 15.9 Å². The summed E-state index contributed by atoms with van der Waals surface area (Å²) >= 11 is 0. The highest BCUT2D eigenvalue weighted by molar-refractivity contribution is 7.92. The van der Waals surface area contributed by atoms with E-state index >= 15 is 0 Å². The van der Waals surface area contributed by atoms with Crippen molar-refractivity contribution in [2.45, 2.75) is 56.3 Å². The van der Waals surface area contributed by atoms with Crippen LogP contribution in [0.1, 0.15) is 56.6 Å². The van der Waals surface area contributed by atoms with Gasteiger partial charge >= 0.3 is 0 Å². The Bertz CT molecular complexity index is 690. The van der Waals surface area contributed by atoms with Crippen molar-refractivity contribution in [3.63, 3.8) is 0 Å². The number of aliphatic hydroxyl groups excluding tert-OH is 1. The van der Waals surface area contributed by atoms with Crippen LogP contribution in [0.3, 0.4) is 0 Å². The van der Waals surface area contributed by atoms with Gasteiger partial charge in [0.25, 0.3) is 0 Å². The van der Waals surface area contributed by atoms with Crippen molar-refractivity contribution in [1.82, 2.24) is 4.90 Å². The fraction of sp³-hybridized carbons (Fsp3) is 0.650. The molecule has 0 radical (unpaired) electrons. The second kappa shape index (κ2) is 8.53. The lowest BCUT2D eigenvalue weighted by Gasteiger charge is -2.34. The van der Waals surface area contributed by atoms with E-state index in [0.29, 0.717) is 13.1 Å². The molecule has 144 valence electrons. The van der Waals surface area contributed by atoms with Crippen molar-refractivity contribution in [3.05, 3.63) is 35.9 Å². The lowest BCUT2D eigenvalue weighted by Crippen LogP contribution is -2.40. The minimum atomic E-state index is -3.14. The molecule has 2 fully saturated rings. The van der Waals surface area contributed by atoms with Crippen LogP contribution < -0.4 is 0 Å². The monoisotopic (exact) mass is 379 g/mol. The topological polar surface area (TPSA) is 74.7 Å². The Balaban J connectivity index is 1.46. The first-order valence-corrected chi connectivity index (χ1v) is 11.4. The highest BCUT2D eigenvalue weighted by Gasteiger charge is 2.31. The quantitative estimate of drug-likeness (QED) is 0.825. The smallest absolute Gasteiger partial charge is 0.223 e. The van der Waals surface area contributed by atoms with Crippen molar-refractivity contribution in [2.75, 3.05) is 18.8 Å².